The summed E-state index contributed by atoms with van der Waals surface area (Å²) < 4.78 is 2.22. The van der Waals surface area contributed by atoms with Gasteiger partial charge in [-0.3, -0.25) is 8.32 Å². The third-order valence-corrected chi connectivity index (χ3v) is 1.11. The van der Waals surface area contributed by atoms with Crippen LogP contribution in [0.5, 0.6) is 0 Å². The van der Waals surface area contributed by atoms with Gasteiger partial charge in [0, 0.05) is 0 Å². The van der Waals surface area contributed by atoms with Gasteiger partial charge in [-0.15, -0.1) is 0 Å². The van der Waals surface area contributed by atoms with Crippen molar-refractivity contribution in [3.8, 4) is 0 Å². The summed E-state index contributed by atoms with van der Waals surface area (Å²) in [7, 11) is 0. The number of hydrogen-bond donors (Lipinski definition) is 2. The first-order chi connectivity index (χ1) is 2.27. The molecule has 0 heterocycles. The highest BCUT2D eigenvalue weighted by Crippen LogP contribution is 1.76. The molecule has 0 aromatic carbocycles. The van der Waals surface area contributed by atoms with Gasteiger partial charge in [0.1, 0.15) is 0 Å². The first-order valence-corrected chi connectivity index (χ1v) is 2.39. The molecule has 0 spiro atoms. The maximum absolute atomic E-state index is 9.56. The van der Waals surface area contributed by atoms with Gasteiger partial charge >= 0.3 is 0 Å². The van der Waals surface area contributed by atoms with Crippen molar-refractivity contribution >= 4 is 40.7 Å². The van der Waals surface area contributed by atoms with Crippen molar-refractivity contribution in [1.29, 1.82) is 0 Å². The highest BCUT2D eigenvalue weighted by molar-refractivity contribution is 14.1. The van der Waals surface area contributed by atoms with Crippen LogP contribution in [0.25, 0.3) is 0 Å². The molecule has 0 unspecified atom stereocenters. The molecule has 0 radical (unpaired) electrons. The first kappa shape index (κ1) is 5.55. The van der Waals surface area contributed by atoms with Crippen molar-refractivity contribution in [3.63, 3.8) is 0 Å². The lowest BCUT2D eigenvalue weighted by molar-refractivity contribution is 0.266. The predicted octanol–water partition coefficient (Wildman–Crippen LogP) is 0.976. The van der Waals surface area contributed by atoms with Gasteiger partial charge in [0.2, 0.25) is 0 Å². The molecular weight excluding hydrogens is 201 g/mol. The van der Waals surface area contributed by atoms with E-state index in [0.717, 1.165) is 0 Å². The summed E-state index contributed by atoms with van der Waals surface area (Å²) in [5, 5.41) is -0.314. The first-order valence-electron chi connectivity index (χ1n) is 0.867. The van der Waals surface area contributed by atoms with Gasteiger partial charge < -0.3 is 0 Å². The number of hydrogen-bond acceptors (Lipinski definition) is 1. The molecule has 1 amide bonds. The lowest BCUT2D eigenvalue weighted by Crippen LogP contribution is -1.97. The largest absolute Gasteiger partial charge is 0.290 e. The van der Waals surface area contributed by atoms with E-state index in [1.54, 1.807) is 22.9 Å². The molecule has 0 fully saturated rings. The summed E-state index contributed by atoms with van der Waals surface area (Å²) in [6, 6.07) is 0. The molecular formula is CH2INOS. The number of carbonyl (C=O) groups excluding carboxylic acids is 1. The molecule has 0 bridgehead atoms. The molecule has 30 valence electrons. The quantitative estimate of drug-likeness (QED) is 0.343. The molecule has 4 heteroatoms. The maximum Gasteiger partial charge on any atom is 0.284 e. The lowest BCUT2D eigenvalue weighted by atomic mass is 11.5. The number of nitrogens with one attached hydrogen (secondary N) is 1. The van der Waals surface area contributed by atoms with Crippen LogP contribution in [0.3, 0.4) is 0 Å². The molecule has 0 aromatic rings. The number of carbonyl (C=O) groups is 1. The molecule has 0 saturated heterocycles. The minimum absolute atomic E-state index is 0.314. The Labute approximate surface area is 49.2 Å². The van der Waals surface area contributed by atoms with Gasteiger partial charge in [0.15, 0.2) is 0 Å². The van der Waals surface area contributed by atoms with E-state index in [0.29, 0.717) is 0 Å². The van der Waals surface area contributed by atoms with Gasteiger partial charge in [-0.25, -0.2) is 0 Å². The molecule has 2 nitrogen and oxygen atoms in total. The molecule has 0 rings (SSSR count). The van der Waals surface area contributed by atoms with E-state index in [1.807, 2.05) is 0 Å². The molecule has 0 aliphatic carbocycles. The Morgan fingerprint density at radius 2 is 2.20 bits per heavy atom. The van der Waals surface area contributed by atoms with Gasteiger partial charge in [0.25, 0.3) is 5.24 Å². The van der Waals surface area contributed by atoms with Crippen molar-refractivity contribution in [2.75, 3.05) is 0 Å². The van der Waals surface area contributed by atoms with E-state index < -0.39 is 0 Å². The van der Waals surface area contributed by atoms with E-state index in [4.69, 9.17) is 0 Å². The van der Waals surface area contributed by atoms with Crippen LogP contribution in [-0.2, 0) is 0 Å². The Morgan fingerprint density at radius 1 is 2.00 bits per heavy atom. The Bertz CT molecular complexity index is 46.9. The summed E-state index contributed by atoms with van der Waals surface area (Å²) in [6.45, 7) is 0. The minimum Gasteiger partial charge on any atom is -0.290 e. The average molecular weight is 203 g/mol. The van der Waals surface area contributed by atoms with Gasteiger partial charge in [-0.2, -0.15) is 0 Å². The van der Waals surface area contributed by atoms with E-state index in [-0.39, 0.29) is 5.24 Å². The summed E-state index contributed by atoms with van der Waals surface area (Å²) >= 11 is 5.04. The zero-order valence-corrected chi connectivity index (χ0v) is 5.29. The summed E-state index contributed by atoms with van der Waals surface area (Å²) in [5.74, 6) is 0. The Hall–Kier alpha value is 0.550. The third kappa shape index (κ3) is 4.55. The van der Waals surface area contributed by atoms with Crippen LogP contribution in [0, 0.1) is 0 Å². The summed E-state index contributed by atoms with van der Waals surface area (Å²) in [4.78, 5) is 9.56. The molecule has 1 N–H and O–H groups in total. The standard InChI is InChI=1S/CH2INOS/c2-3-1(4)5/h(H2,3,4,5). The maximum atomic E-state index is 9.56. The van der Waals surface area contributed by atoms with E-state index >= 15 is 0 Å². The average Bonchev–Trinajstić information content (AvgIpc) is 1.38. The fraction of sp³-hybridized carbons (Fsp3) is 0. The number of rotatable bonds is 0. The smallest absolute Gasteiger partial charge is 0.284 e. The second-order valence-corrected chi connectivity index (χ2v) is 1.35. The number of amides is 1. The molecule has 0 aliphatic heterocycles. The van der Waals surface area contributed by atoms with Crippen molar-refractivity contribution in [2.24, 2.45) is 0 Å². The summed E-state index contributed by atoms with van der Waals surface area (Å²) in [6.07, 6.45) is 0. The van der Waals surface area contributed by atoms with Crippen LogP contribution in [0.15, 0.2) is 0 Å². The van der Waals surface area contributed by atoms with Crippen molar-refractivity contribution < 1.29 is 4.79 Å². The third-order valence-electron chi connectivity index (χ3n) is 0.0808. The second-order valence-electron chi connectivity index (χ2n) is 0.400. The van der Waals surface area contributed by atoms with E-state index in [9.17, 15) is 4.79 Å². The van der Waals surface area contributed by atoms with Gasteiger partial charge in [0.05, 0.1) is 22.9 Å². The zero-order chi connectivity index (χ0) is 4.28. The predicted molar refractivity (Wildman–Crippen MR) is 31.5 cm³/mol. The van der Waals surface area contributed by atoms with Crippen molar-refractivity contribution in [1.82, 2.24) is 3.53 Å². The SMILES string of the molecule is O=C(S)NI. The molecule has 0 atom stereocenters. The van der Waals surface area contributed by atoms with Crippen LogP contribution >= 0.6 is 35.5 Å². The number of halogens is 1. The van der Waals surface area contributed by atoms with E-state index in [2.05, 4.69) is 16.2 Å². The highest BCUT2D eigenvalue weighted by Gasteiger charge is 1.76. The lowest BCUT2D eigenvalue weighted by Gasteiger charge is -1.75. The fourth-order valence-corrected chi connectivity index (χ4v) is 0. The monoisotopic (exact) mass is 203 g/mol. The van der Waals surface area contributed by atoms with Crippen molar-refractivity contribution in [2.45, 2.75) is 0 Å². The highest BCUT2D eigenvalue weighted by atomic mass is 127. The van der Waals surface area contributed by atoms with Gasteiger partial charge in [-0.05, 0) is 0 Å². The van der Waals surface area contributed by atoms with Crippen LogP contribution in [0.2, 0.25) is 0 Å². The zero-order valence-electron chi connectivity index (χ0n) is 2.23. The molecule has 0 aliphatic rings. The van der Waals surface area contributed by atoms with Crippen molar-refractivity contribution in [3.05, 3.63) is 0 Å². The van der Waals surface area contributed by atoms with E-state index in [1.165, 1.54) is 0 Å². The Balaban J connectivity index is 2.85. The second kappa shape index (κ2) is 2.77. The van der Waals surface area contributed by atoms with Crippen LogP contribution in [0.1, 0.15) is 0 Å². The molecule has 5 heavy (non-hydrogen) atoms. The fourth-order valence-electron chi connectivity index (χ4n) is 0. The Kier molecular flexibility index (Phi) is 3.07. The Morgan fingerprint density at radius 3 is 2.20 bits per heavy atom. The topological polar surface area (TPSA) is 29.1 Å². The normalized spacial score (nSPS) is 6.80. The molecule has 0 saturated carbocycles. The van der Waals surface area contributed by atoms with Crippen LogP contribution in [-0.4, -0.2) is 5.24 Å². The molecule has 0 aromatic heterocycles. The summed E-state index contributed by atoms with van der Waals surface area (Å²) in [5.41, 5.74) is 0. The van der Waals surface area contributed by atoms with Crippen LogP contribution in [0.4, 0.5) is 4.79 Å². The minimum atomic E-state index is -0.314. The number of thiol groups is 1. The van der Waals surface area contributed by atoms with Gasteiger partial charge in [-0.1, -0.05) is 12.6 Å². The van der Waals surface area contributed by atoms with Crippen LogP contribution < -0.4 is 3.53 Å².